The fraction of sp³-hybridized carbons (Fsp3) is 0.867. The molecule has 0 heterocycles. The van der Waals surface area contributed by atoms with Crippen molar-refractivity contribution in [3.63, 3.8) is 0 Å². The average molecular weight is 204 g/mol. The quantitative estimate of drug-likeness (QED) is 0.507. The van der Waals surface area contributed by atoms with Gasteiger partial charge in [-0.2, -0.15) is 0 Å². The van der Waals surface area contributed by atoms with E-state index in [1.54, 1.807) is 0 Å². The van der Waals surface area contributed by atoms with Gasteiger partial charge in [0.1, 0.15) is 0 Å². The number of hydrogen-bond donors (Lipinski definition) is 0. The lowest BCUT2D eigenvalue weighted by Gasteiger charge is -2.46. The SMILES string of the molecule is CC1CCCC2C3=CCCCC3CCC12. The van der Waals surface area contributed by atoms with Crippen LogP contribution in [0.1, 0.15) is 58.3 Å². The molecule has 0 saturated heterocycles. The minimum Gasteiger partial charge on any atom is -0.0848 e. The van der Waals surface area contributed by atoms with Crippen molar-refractivity contribution in [3.8, 4) is 0 Å². The van der Waals surface area contributed by atoms with E-state index in [1.165, 1.54) is 51.4 Å². The predicted molar refractivity (Wildman–Crippen MR) is 64.7 cm³/mol. The first-order chi connectivity index (χ1) is 7.36. The van der Waals surface area contributed by atoms with E-state index in [2.05, 4.69) is 13.0 Å². The van der Waals surface area contributed by atoms with Crippen molar-refractivity contribution in [2.75, 3.05) is 0 Å². The summed E-state index contributed by atoms with van der Waals surface area (Å²) in [5.74, 6) is 4.07. The molecule has 84 valence electrons. The first-order valence-electron chi connectivity index (χ1n) is 7.06. The van der Waals surface area contributed by atoms with Gasteiger partial charge >= 0.3 is 0 Å². The number of fused-ring (bicyclic) bond motifs is 3. The molecular weight excluding hydrogens is 180 g/mol. The van der Waals surface area contributed by atoms with Gasteiger partial charge in [-0.1, -0.05) is 31.4 Å². The summed E-state index contributed by atoms with van der Waals surface area (Å²) < 4.78 is 0. The van der Waals surface area contributed by atoms with Crippen molar-refractivity contribution >= 4 is 0 Å². The molecule has 2 saturated carbocycles. The zero-order chi connectivity index (χ0) is 10.3. The summed E-state index contributed by atoms with van der Waals surface area (Å²) in [6, 6.07) is 0. The maximum atomic E-state index is 2.63. The van der Waals surface area contributed by atoms with Crippen LogP contribution < -0.4 is 0 Å². The Morgan fingerprint density at radius 2 is 1.93 bits per heavy atom. The molecule has 0 nitrogen and oxygen atoms in total. The van der Waals surface area contributed by atoms with E-state index in [1.807, 2.05) is 5.57 Å². The summed E-state index contributed by atoms with van der Waals surface area (Å²) in [7, 11) is 0. The van der Waals surface area contributed by atoms with Crippen molar-refractivity contribution in [1.82, 2.24) is 0 Å². The molecule has 3 rings (SSSR count). The van der Waals surface area contributed by atoms with Crippen LogP contribution in [0.5, 0.6) is 0 Å². The summed E-state index contributed by atoms with van der Waals surface area (Å²) in [6.07, 6.45) is 14.5. The molecule has 3 aliphatic rings. The highest BCUT2D eigenvalue weighted by Gasteiger charge is 2.39. The van der Waals surface area contributed by atoms with Crippen molar-refractivity contribution < 1.29 is 0 Å². The molecule has 2 fully saturated rings. The normalized spacial score (nSPS) is 45.3. The lowest BCUT2D eigenvalue weighted by Crippen LogP contribution is -2.35. The van der Waals surface area contributed by atoms with E-state index < -0.39 is 0 Å². The molecule has 0 aromatic carbocycles. The fourth-order valence-electron chi connectivity index (χ4n) is 4.51. The third kappa shape index (κ3) is 1.66. The van der Waals surface area contributed by atoms with E-state index in [9.17, 15) is 0 Å². The third-order valence-electron chi connectivity index (χ3n) is 5.31. The average Bonchev–Trinajstić information content (AvgIpc) is 2.29. The van der Waals surface area contributed by atoms with Crippen LogP contribution in [0, 0.1) is 23.7 Å². The van der Waals surface area contributed by atoms with Crippen LogP contribution in [0.3, 0.4) is 0 Å². The van der Waals surface area contributed by atoms with Crippen LogP contribution in [0.15, 0.2) is 11.6 Å². The Kier molecular flexibility index (Phi) is 2.62. The topological polar surface area (TPSA) is 0 Å². The Morgan fingerprint density at radius 3 is 2.87 bits per heavy atom. The van der Waals surface area contributed by atoms with E-state index in [4.69, 9.17) is 0 Å². The van der Waals surface area contributed by atoms with E-state index in [0.717, 1.165) is 23.7 Å². The van der Waals surface area contributed by atoms with E-state index in [-0.39, 0.29) is 0 Å². The second-order valence-corrected chi connectivity index (χ2v) is 6.09. The van der Waals surface area contributed by atoms with E-state index in [0.29, 0.717) is 0 Å². The Hall–Kier alpha value is -0.260. The molecule has 0 aromatic heterocycles. The maximum Gasteiger partial charge on any atom is -0.0170 e. The molecule has 0 amide bonds. The van der Waals surface area contributed by atoms with Gasteiger partial charge in [-0.25, -0.2) is 0 Å². The summed E-state index contributed by atoms with van der Waals surface area (Å²) in [4.78, 5) is 0. The highest BCUT2D eigenvalue weighted by molar-refractivity contribution is 5.18. The maximum absolute atomic E-state index is 2.63. The highest BCUT2D eigenvalue weighted by atomic mass is 14.4. The molecule has 0 radical (unpaired) electrons. The Balaban J connectivity index is 1.85. The minimum absolute atomic E-state index is 1.00. The van der Waals surface area contributed by atoms with Gasteiger partial charge in [0, 0.05) is 0 Å². The molecule has 4 unspecified atom stereocenters. The molecule has 0 aliphatic heterocycles. The molecule has 3 aliphatic carbocycles. The molecule has 0 spiro atoms. The highest BCUT2D eigenvalue weighted by Crippen LogP contribution is 2.50. The van der Waals surface area contributed by atoms with Crippen molar-refractivity contribution in [2.45, 2.75) is 58.3 Å². The molecule has 0 aromatic rings. The second-order valence-electron chi connectivity index (χ2n) is 6.09. The zero-order valence-corrected chi connectivity index (χ0v) is 10.0. The van der Waals surface area contributed by atoms with Gasteiger partial charge in [0.05, 0.1) is 0 Å². The second kappa shape index (κ2) is 3.96. The Bertz CT molecular complexity index is 263. The van der Waals surface area contributed by atoms with E-state index >= 15 is 0 Å². The summed E-state index contributed by atoms with van der Waals surface area (Å²) in [5.41, 5.74) is 1.91. The fourth-order valence-corrected chi connectivity index (χ4v) is 4.51. The van der Waals surface area contributed by atoms with Crippen molar-refractivity contribution in [1.29, 1.82) is 0 Å². The van der Waals surface area contributed by atoms with Gasteiger partial charge in [-0.3, -0.25) is 0 Å². The van der Waals surface area contributed by atoms with Gasteiger partial charge in [0.25, 0.3) is 0 Å². The summed E-state index contributed by atoms with van der Waals surface area (Å²) in [6.45, 7) is 2.50. The smallest absolute Gasteiger partial charge is 0.0170 e. The van der Waals surface area contributed by atoms with Gasteiger partial charge in [-0.15, -0.1) is 0 Å². The van der Waals surface area contributed by atoms with Gasteiger partial charge in [-0.05, 0) is 62.2 Å². The third-order valence-corrected chi connectivity index (χ3v) is 5.31. The zero-order valence-electron chi connectivity index (χ0n) is 10.0. The van der Waals surface area contributed by atoms with Crippen LogP contribution in [-0.4, -0.2) is 0 Å². The molecule has 4 atom stereocenters. The minimum atomic E-state index is 1.00. The van der Waals surface area contributed by atoms with Gasteiger partial charge < -0.3 is 0 Å². The van der Waals surface area contributed by atoms with Gasteiger partial charge in [0.15, 0.2) is 0 Å². The summed E-state index contributed by atoms with van der Waals surface area (Å²) in [5, 5.41) is 0. The largest absolute Gasteiger partial charge is 0.0848 e. The van der Waals surface area contributed by atoms with Gasteiger partial charge in [0.2, 0.25) is 0 Å². The monoisotopic (exact) mass is 204 g/mol. The lowest BCUT2D eigenvalue weighted by molar-refractivity contribution is 0.128. The number of rotatable bonds is 0. The molecular formula is C15H24. The van der Waals surface area contributed by atoms with Crippen LogP contribution in [0.25, 0.3) is 0 Å². The van der Waals surface area contributed by atoms with Crippen molar-refractivity contribution in [3.05, 3.63) is 11.6 Å². The first kappa shape index (κ1) is 9.93. The van der Waals surface area contributed by atoms with Crippen LogP contribution in [0.2, 0.25) is 0 Å². The molecule has 0 bridgehead atoms. The lowest BCUT2D eigenvalue weighted by atomic mass is 9.59. The molecule has 0 N–H and O–H groups in total. The summed E-state index contributed by atoms with van der Waals surface area (Å²) >= 11 is 0. The predicted octanol–water partition coefficient (Wildman–Crippen LogP) is 4.56. The molecule has 15 heavy (non-hydrogen) atoms. The standard InChI is InChI=1S/C15H24/c1-11-5-4-8-15-13(11)10-9-12-6-2-3-7-14(12)15/h7,11-13,15H,2-6,8-10H2,1H3. The number of hydrogen-bond acceptors (Lipinski definition) is 0. The van der Waals surface area contributed by atoms with Crippen LogP contribution in [-0.2, 0) is 0 Å². The Morgan fingerprint density at radius 1 is 1.00 bits per heavy atom. The molecule has 0 heteroatoms. The van der Waals surface area contributed by atoms with Crippen LogP contribution in [0.4, 0.5) is 0 Å². The number of allylic oxidation sites excluding steroid dienone is 2. The van der Waals surface area contributed by atoms with Crippen molar-refractivity contribution in [2.24, 2.45) is 23.7 Å². The first-order valence-corrected chi connectivity index (χ1v) is 7.06. The Labute approximate surface area is 94.1 Å². The van der Waals surface area contributed by atoms with Crippen LogP contribution >= 0.6 is 0 Å².